The molecule has 0 aromatic carbocycles. The van der Waals surface area contributed by atoms with Gasteiger partial charge in [0.1, 0.15) is 5.82 Å². The second-order valence-electron chi connectivity index (χ2n) is 3.46. The highest BCUT2D eigenvalue weighted by atomic mass is 32.1. The first-order chi connectivity index (χ1) is 8.40. The van der Waals surface area contributed by atoms with Crippen molar-refractivity contribution in [1.29, 1.82) is 0 Å². The summed E-state index contributed by atoms with van der Waals surface area (Å²) >= 11 is 0.469. The van der Waals surface area contributed by atoms with Crippen LogP contribution in [0.2, 0.25) is 0 Å². The number of thiazole rings is 1. The van der Waals surface area contributed by atoms with Crippen LogP contribution in [0.3, 0.4) is 0 Å². The molecule has 8 heteroatoms. The number of aromatic amines is 1. The Morgan fingerprint density at radius 2 is 2.17 bits per heavy atom. The first-order valence-electron chi connectivity index (χ1n) is 5.04. The van der Waals surface area contributed by atoms with E-state index in [0.717, 1.165) is 12.3 Å². The number of hydrogen-bond acceptors (Lipinski definition) is 4. The Morgan fingerprint density at radius 3 is 2.72 bits per heavy atom. The van der Waals surface area contributed by atoms with Gasteiger partial charge in [0, 0.05) is 18.7 Å². The molecule has 1 N–H and O–H groups in total. The summed E-state index contributed by atoms with van der Waals surface area (Å²) in [6.45, 7) is 1.79. The second kappa shape index (κ2) is 4.52. The number of hydrogen-bond donors (Lipinski definition) is 1. The Hall–Kier alpha value is -1.70. The van der Waals surface area contributed by atoms with Gasteiger partial charge < -0.3 is 4.98 Å². The van der Waals surface area contributed by atoms with Crippen molar-refractivity contribution in [2.45, 2.75) is 19.5 Å². The zero-order chi connectivity index (χ0) is 13.3. The summed E-state index contributed by atoms with van der Waals surface area (Å²) in [5, 5.41) is -0.947. The minimum Gasteiger partial charge on any atom is -0.311 e. The Labute approximate surface area is 104 Å². The highest BCUT2D eigenvalue weighted by Crippen LogP contribution is 2.35. The lowest BCUT2D eigenvalue weighted by Crippen LogP contribution is -2.10. The Morgan fingerprint density at radius 1 is 1.44 bits per heavy atom. The van der Waals surface area contributed by atoms with E-state index in [-0.39, 0.29) is 16.1 Å². The fourth-order valence-corrected chi connectivity index (χ4v) is 2.07. The standard InChI is InChI=1S/C10H8F3N3OS/c1-2-7-15-5(3-8(17)16-7)6-4-14-9(18-6)10(11,12)13/h3-4H,2H2,1H3,(H,15,16,17). The molecule has 0 radical (unpaired) electrons. The SMILES string of the molecule is CCc1nc(-c2cnc(C(F)(F)F)s2)cc(=O)[nH]1. The molecule has 96 valence electrons. The maximum atomic E-state index is 12.4. The number of halogens is 3. The van der Waals surface area contributed by atoms with Gasteiger partial charge in [-0.1, -0.05) is 6.92 Å². The highest BCUT2D eigenvalue weighted by Gasteiger charge is 2.34. The molecule has 0 aliphatic carbocycles. The smallest absolute Gasteiger partial charge is 0.311 e. The molecule has 2 rings (SSSR count). The quantitative estimate of drug-likeness (QED) is 0.916. The molecule has 0 fully saturated rings. The van der Waals surface area contributed by atoms with E-state index in [2.05, 4.69) is 15.0 Å². The first-order valence-corrected chi connectivity index (χ1v) is 5.85. The summed E-state index contributed by atoms with van der Waals surface area (Å²) in [7, 11) is 0. The number of alkyl halides is 3. The summed E-state index contributed by atoms with van der Waals surface area (Å²) in [5.41, 5.74) is -0.178. The third-order valence-corrected chi connectivity index (χ3v) is 3.19. The molecular weight excluding hydrogens is 267 g/mol. The van der Waals surface area contributed by atoms with Crippen molar-refractivity contribution in [2.24, 2.45) is 0 Å². The van der Waals surface area contributed by atoms with E-state index in [0.29, 0.717) is 23.6 Å². The molecule has 0 bridgehead atoms. The van der Waals surface area contributed by atoms with Gasteiger partial charge in [-0.05, 0) is 0 Å². The lowest BCUT2D eigenvalue weighted by Gasteiger charge is -2.00. The lowest BCUT2D eigenvalue weighted by molar-refractivity contribution is -0.137. The van der Waals surface area contributed by atoms with Gasteiger partial charge in [-0.2, -0.15) is 13.2 Å². The van der Waals surface area contributed by atoms with E-state index in [1.807, 2.05) is 0 Å². The van der Waals surface area contributed by atoms with Crippen molar-refractivity contribution in [3.63, 3.8) is 0 Å². The molecule has 0 atom stereocenters. The first kappa shape index (κ1) is 12.7. The second-order valence-corrected chi connectivity index (χ2v) is 4.49. The average Bonchev–Trinajstić information content (AvgIpc) is 2.77. The van der Waals surface area contributed by atoms with E-state index < -0.39 is 11.2 Å². The maximum Gasteiger partial charge on any atom is 0.443 e. The number of H-pyrrole nitrogens is 1. The number of aryl methyl sites for hydroxylation is 1. The van der Waals surface area contributed by atoms with E-state index in [9.17, 15) is 18.0 Å². The number of nitrogens with zero attached hydrogens (tertiary/aromatic N) is 2. The van der Waals surface area contributed by atoms with Gasteiger partial charge in [-0.25, -0.2) is 9.97 Å². The predicted octanol–water partition coefficient (Wildman–Crippen LogP) is 2.47. The molecule has 4 nitrogen and oxygen atoms in total. The summed E-state index contributed by atoms with van der Waals surface area (Å²) in [4.78, 5) is 21.4. The Bertz CT molecular complexity index is 617. The van der Waals surface area contributed by atoms with Crippen molar-refractivity contribution >= 4 is 11.3 Å². The molecule has 0 amide bonds. The van der Waals surface area contributed by atoms with Crippen LogP contribution in [0.1, 0.15) is 17.8 Å². The van der Waals surface area contributed by atoms with Crippen LogP contribution in [-0.2, 0) is 12.6 Å². The summed E-state index contributed by atoms with van der Waals surface area (Å²) in [5.74, 6) is 0.430. The van der Waals surface area contributed by atoms with E-state index >= 15 is 0 Å². The zero-order valence-electron chi connectivity index (χ0n) is 9.21. The van der Waals surface area contributed by atoms with Gasteiger partial charge in [0.25, 0.3) is 5.56 Å². The van der Waals surface area contributed by atoms with Crippen LogP contribution >= 0.6 is 11.3 Å². The van der Waals surface area contributed by atoms with Crippen molar-refractivity contribution in [1.82, 2.24) is 15.0 Å². The molecule has 2 aromatic rings. The lowest BCUT2D eigenvalue weighted by atomic mass is 10.3. The fraction of sp³-hybridized carbons (Fsp3) is 0.300. The molecule has 18 heavy (non-hydrogen) atoms. The van der Waals surface area contributed by atoms with E-state index in [1.165, 1.54) is 0 Å². The average molecular weight is 275 g/mol. The van der Waals surface area contributed by atoms with Gasteiger partial charge >= 0.3 is 6.18 Å². The van der Waals surface area contributed by atoms with Crippen LogP contribution < -0.4 is 5.56 Å². The van der Waals surface area contributed by atoms with Gasteiger partial charge in [0.15, 0.2) is 5.01 Å². The fourth-order valence-electron chi connectivity index (χ4n) is 1.33. The normalized spacial score (nSPS) is 11.8. The van der Waals surface area contributed by atoms with Gasteiger partial charge in [0.2, 0.25) is 0 Å². The summed E-state index contributed by atoms with van der Waals surface area (Å²) in [6.07, 6.45) is -2.90. The van der Waals surface area contributed by atoms with Crippen LogP contribution in [-0.4, -0.2) is 15.0 Å². The molecule has 0 unspecified atom stereocenters. The third-order valence-electron chi connectivity index (χ3n) is 2.13. The van der Waals surface area contributed by atoms with Crippen molar-refractivity contribution in [3.05, 3.63) is 33.4 Å². The molecule has 0 aliphatic rings. The van der Waals surface area contributed by atoms with E-state index in [4.69, 9.17) is 0 Å². The van der Waals surface area contributed by atoms with Crippen LogP contribution in [0.5, 0.6) is 0 Å². The number of nitrogens with one attached hydrogen (secondary N) is 1. The van der Waals surface area contributed by atoms with E-state index in [1.54, 1.807) is 6.92 Å². The van der Waals surface area contributed by atoms with Gasteiger partial charge in [0.05, 0.1) is 10.6 Å². The zero-order valence-corrected chi connectivity index (χ0v) is 10.0. The molecule has 2 heterocycles. The number of rotatable bonds is 2. The predicted molar refractivity (Wildman–Crippen MR) is 60.3 cm³/mol. The molecule has 0 saturated carbocycles. The third kappa shape index (κ3) is 2.58. The van der Waals surface area contributed by atoms with Crippen molar-refractivity contribution in [3.8, 4) is 10.6 Å². The van der Waals surface area contributed by atoms with Crippen LogP contribution in [0, 0.1) is 0 Å². The maximum absolute atomic E-state index is 12.4. The van der Waals surface area contributed by atoms with Crippen LogP contribution in [0.4, 0.5) is 13.2 Å². The van der Waals surface area contributed by atoms with Gasteiger partial charge in [-0.15, -0.1) is 11.3 Å². The molecular formula is C10H8F3N3OS. The van der Waals surface area contributed by atoms with Crippen molar-refractivity contribution in [2.75, 3.05) is 0 Å². The highest BCUT2D eigenvalue weighted by molar-refractivity contribution is 7.15. The van der Waals surface area contributed by atoms with Crippen molar-refractivity contribution < 1.29 is 13.2 Å². The molecule has 0 saturated heterocycles. The number of aromatic nitrogens is 3. The molecule has 2 aromatic heterocycles. The summed E-state index contributed by atoms with van der Waals surface area (Å²) in [6, 6.07) is 1.16. The molecule has 0 spiro atoms. The molecule has 0 aliphatic heterocycles. The monoisotopic (exact) mass is 275 g/mol. The largest absolute Gasteiger partial charge is 0.443 e. The minimum atomic E-state index is -4.47. The Kier molecular flexibility index (Phi) is 3.20. The Balaban J connectivity index is 2.46. The minimum absolute atomic E-state index is 0.212. The van der Waals surface area contributed by atoms with Crippen LogP contribution in [0.25, 0.3) is 10.6 Å². The van der Waals surface area contributed by atoms with Gasteiger partial charge in [-0.3, -0.25) is 4.79 Å². The summed E-state index contributed by atoms with van der Waals surface area (Å²) < 4.78 is 37.2. The topological polar surface area (TPSA) is 58.6 Å². The van der Waals surface area contributed by atoms with Crippen LogP contribution in [0.15, 0.2) is 17.1 Å².